The number of rotatable bonds is 6. The number of carbonyl (C=O) groups excluding carboxylic acids is 1. The molecule has 21 heavy (non-hydrogen) atoms. The third-order valence-corrected chi connectivity index (χ3v) is 4.51. The monoisotopic (exact) mass is 289 g/mol. The van der Waals surface area contributed by atoms with Crippen LogP contribution in [0.25, 0.3) is 0 Å². The van der Waals surface area contributed by atoms with E-state index in [1.54, 1.807) is 7.11 Å². The minimum absolute atomic E-state index is 0.301. The van der Waals surface area contributed by atoms with Crippen molar-refractivity contribution in [3.05, 3.63) is 35.4 Å². The summed E-state index contributed by atoms with van der Waals surface area (Å²) in [6.45, 7) is 5.95. The molecular weight excluding hydrogens is 262 g/mol. The summed E-state index contributed by atoms with van der Waals surface area (Å²) in [5.74, 6) is 0.791. The molecule has 0 bridgehead atoms. The highest BCUT2D eigenvalue weighted by Gasteiger charge is 2.33. The van der Waals surface area contributed by atoms with Crippen LogP contribution in [0.4, 0.5) is 0 Å². The molecular formula is C18H27NO2. The topological polar surface area (TPSA) is 29.5 Å². The summed E-state index contributed by atoms with van der Waals surface area (Å²) >= 11 is 0. The van der Waals surface area contributed by atoms with Crippen LogP contribution in [0.5, 0.6) is 0 Å². The third kappa shape index (κ3) is 4.07. The van der Waals surface area contributed by atoms with Gasteiger partial charge in [0.15, 0.2) is 0 Å². The first kappa shape index (κ1) is 16.0. The highest BCUT2D eigenvalue weighted by Crippen LogP contribution is 2.33. The lowest BCUT2D eigenvalue weighted by atomic mass is 9.93. The molecule has 1 fully saturated rings. The Morgan fingerprint density at radius 1 is 1.33 bits per heavy atom. The van der Waals surface area contributed by atoms with Crippen molar-refractivity contribution in [3.63, 3.8) is 0 Å². The standard InChI is InChI=1S/C18H27NO2/c1-14-8-4-5-9-17(14)16-12-15(2)19(13-16)18(20)10-6-7-11-21-3/h4-5,8-9,15-16H,6-7,10-13H2,1-3H3/t15-,16+/m0/s1. The number of methoxy groups -OCH3 is 1. The van der Waals surface area contributed by atoms with Crippen LogP contribution in [0.15, 0.2) is 24.3 Å². The largest absolute Gasteiger partial charge is 0.385 e. The Kier molecular flexibility index (Phi) is 5.80. The molecule has 1 aromatic rings. The number of aryl methyl sites for hydroxylation is 1. The fourth-order valence-electron chi connectivity index (χ4n) is 3.31. The van der Waals surface area contributed by atoms with Crippen LogP contribution in [0.3, 0.4) is 0 Å². The number of benzene rings is 1. The van der Waals surface area contributed by atoms with Crippen molar-refractivity contribution in [2.24, 2.45) is 0 Å². The van der Waals surface area contributed by atoms with Gasteiger partial charge in [0, 0.05) is 38.6 Å². The number of ether oxygens (including phenoxy) is 1. The van der Waals surface area contributed by atoms with Crippen molar-refractivity contribution < 1.29 is 9.53 Å². The van der Waals surface area contributed by atoms with E-state index in [1.807, 2.05) is 0 Å². The first-order valence-electron chi connectivity index (χ1n) is 7.97. The van der Waals surface area contributed by atoms with Crippen LogP contribution in [0, 0.1) is 6.92 Å². The fraction of sp³-hybridized carbons (Fsp3) is 0.611. The molecule has 2 atom stereocenters. The molecule has 0 unspecified atom stereocenters. The summed E-state index contributed by atoms with van der Waals surface area (Å²) in [6.07, 6.45) is 3.61. The second kappa shape index (κ2) is 7.60. The van der Waals surface area contributed by atoms with Crippen molar-refractivity contribution >= 4 is 5.91 Å². The maximum Gasteiger partial charge on any atom is 0.222 e. The zero-order valence-corrected chi connectivity index (χ0v) is 13.5. The maximum absolute atomic E-state index is 12.4. The van der Waals surface area contributed by atoms with E-state index in [2.05, 4.69) is 43.0 Å². The van der Waals surface area contributed by atoms with Crippen molar-refractivity contribution in [1.82, 2.24) is 4.90 Å². The molecule has 1 heterocycles. The van der Waals surface area contributed by atoms with Gasteiger partial charge in [-0.1, -0.05) is 24.3 Å². The van der Waals surface area contributed by atoms with Gasteiger partial charge in [0.05, 0.1) is 0 Å². The van der Waals surface area contributed by atoms with Crippen molar-refractivity contribution in [2.45, 2.75) is 51.5 Å². The van der Waals surface area contributed by atoms with Crippen LogP contribution in [-0.4, -0.2) is 37.1 Å². The van der Waals surface area contributed by atoms with E-state index in [0.29, 0.717) is 24.3 Å². The van der Waals surface area contributed by atoms with Gasteiger partial charge in [0.1, 0.15) is 0 Å². The van der Waals surface area contributed by atoms with Gasteiger partial charge in [-0.15, -0.1) is 0 Å². The predicted molar refractivity (Wildman–Crippen MR) is 85.4 cm³/mol. The number of nitrogens with zero attached hydrogens (tertiary/aromatic N) is 1. The van der Waals surface area contributed by atoms with Crippen molar-refractivity contribution in [1.29, 1.82) is 0 Å². The first-order valence-corrected chi connectivity index (χ1v) is 7.97. The molecule has 1 aromatic carbocycles. The Morgan fingerprint density at radius 3 is 2.81 bits per heavy atom. The number of unbranched alkanes of at least 4 members (excludes halogenated alkanes) is 1. The van der Waals surface area contributed by atoms with Gasteiger partial charge in [-0.3, -0.25) is 4.79 Å². The lowest BCUT2D eigenvalue weighted by molar-refractivity contribution is -0.131. The molecule has 0 saturated carbocycles. The second-order valence-corrected chi connectivity index (χ2v) is 6.13. The summed E-state index contributed by atoms with van der Waals surface area (Å²) in [5, 5.41) is 0. The van der Waals surface area contributed by atoms with Gasteiger partial charge in [0.2, 0.25) is 5.91 Å². The van der Waals surface area contributed by atoms with Crippen molar-refractivity contribution in [2.75, 3.05) is 20.3 Å². The van der Waals surface area contributed by atoms with E-state index < -0.39 is 0 Å². The Labute approximate surface area is 128 Å². The van der Waals surface area contributed by atoms with Gasteiger partial charge in [0.25, 0.3) is 0 Å². The third-order valence-electron chi connectivity index (χ3n) is 4.51. The molecule has 0 aliphatic carbocycles. The molecule has 116 valence electrons. The SMILES string of the molecule is COCCCCC(=O)N1C[C@H](c2ccccc2C)C[C@@H]1C. The van der Waals surface area contributed by atoms with E-state index in [1.165, 1.54) is 11.1 Å². The zero-order chi connectivity index (χ0) is 15.2. The van der Waals surface area contributed by atoms with Crippen LogP contribution in [0.1, 0.15) is 49.7 Å². The molecule has 0 N–H and O–H groups in total. The summed E-state index contributed by atoms with van der Waals surface area (Å²) in [5.41, 5.74) is 2.74. The second-order valence-electron chi connectivity index (χ2n) is 6.13. The van der Waals surface area contributed by atoms with Gasteiger partial charge in [-0.2, -0.15) is 0 Å². The number of amides is 1. The van der Waals surface area contributed by atoms with E-state index in [9.17, 15) is 4.79 Å². The van der Waals surface area contributed by atoms with E-state index >= 15 is 0 Å². The molecule has 1 saturated heterocycles. The zero-order valence-electron chi connectivity index (χ0n) is 13.5. The van der Waals surface area contributed by atoms with Crippen LogP contribution < -0.4 is 0 Å². The van der Waals surface area contributed by atoms with Gasteiger partial charge >= 0.3 is 0 Å². The fourth-order valence-corrected chi connectivity index (χ4v) is 3.31. The molecule has 1 aliphatic rings. The molecule has 1 amide bonds. The number of hydrogen-bond acceptors (Lipinski definition) is 2. The molecule has 2 rings (SSSR count). The molecule has 0 radical (unpaired) electrons. The highest BCUT2D eigenvalue weighted by atomic mass is 16.5. The first-order chi connectivity index (χ1) is 10.1. The van der Waals surface area contributed by atoms with Gasteiger partial charge in [-0.25, -0.2) is 0 Å². The van der Waals surface area contributed by atoms with Crippen LogP contribution >= 0.6 is 0 Å². The maximum atomic E-state index is 12.4. The lowest BCUT2D eigenvalue weighted by Gasteiger charge is -2.21. The Morgan fingerprint density at radius 2 is 2.10 bits per heavy atom. The quantitative estimate of drug-likeness (QED) is 0.750. The average Bonchev–Trinajstić information content (AvgIpc) is 2.86. The predicted octanol–water partition coefficient (Wildman–Crippen LogP) is 3.52. The molecule has 3 heteroatoms. The molecule has 0 aromatic heterocycles. The summed E-state index contributed by atoms with van der Waals surface area (Å²) < 4.78 is 5.03. The van der Waals surface area contributed by atoms with Gasteiger partial charge in [-0.05, 0) is 44.2 Å². The normalized spacial score (nSPS) is 21.8. The summed E-state index contributed by atoms with van der Waals surface area (Å²) in [6, 6.07) is 8.90. The van der Waals surface area contributed by atoms with Crippen LogP contribution in [0.2, 0.25) is 0 Å². The van der Waals surface area contributed by atoms with Crippen LogP contribution in [-0.2, 0) is 9.53 Å². The smallest absolute Gasteiger partial charge is 0.222 e. The van der Waals surface area contributed by atoms with E-state index in [4.69, 9.17) is 4.74 Å². The minimum Gasteiger partial charge on any atom is -0.385 e. The Balaban J connectivity index is 1.92. The lowest BCUT2D eigenvalue weighted by Crippen LogP contribution is -2.33. The molecule has 3 nitrogen and oxygen atoms in total. The summed E-state index contributed by atoms with van der Waals surface area (Å²) in [4.78, 5) is 14.4. The highest BCUT2D eigenvalue weighted by molar-refractivity contribution is 5.77. The molecule has 0 spiro atoms. The minimum atomic E-state index is 0.301. The molecule has 1 aliphatic heterocycles. The van der Waals surface area contributed by atoms with Crippen molar-refractivity contribution in [3.8, 4) is 0 Å². The van der Waals surface area contributed by atoms with E-state index in [0.717, 1.165) is 32.4 Å². The average molecular weight is 289 g/mol. The summed E-state index contributed by atoms with van der Waals surface area (Å²) in [7, 11) is 1.71. The Hall–Kier alpha value is -1.35. The van der Waals surface area contributed by atoms with Gasteiger partial charge < -0.3 is 9.64 Å². The Bertz CT molecular complexity index is 472. The number of likely N-dealkylation sites (tertiary alicyclic amines) is 1. The number of carbonyl (C=O) groups is 1. The van der Waals surface area contributed by atoms with E-state index in [-0.39, 0.29) is 0 Å². The number of hydrogen-bond donors (Lipinski definition) is 0.